The number of sulfonamides is 2. The van der Waals surface area contributed by atoms with Crippen LogP contribution in [0.1, 0.15) is 48.3 Å². The van der Waals surface area contributed by atoms with E-state index in [0.717, 1.165) is 29.7 Å². The van der Waals surface area contributed by atoms with Crippen molar-refractivity contribution in [2.45, 2.75) is 50.3 Å². The molecule has 6 rings (SSSR count). The monoisotopic (exact) mass is 604 g/mol. The van der Waals surface area contributed by atoms with Crippen LogP contribution in [-0.2, 0) is 39.3 Å². The van der Waals surface area contributed by atoms with Gasteiger partial charge in [-0.1, -0.05) is 62.9 Å². The summed E-state index contributed by atoms with van der Waals surface area (Å²) in [4.78, 5) is 12.1. The van der Waals surface area contributed by atoms with Crippen LogP contribution in [0.4, 0.5) is 11.4 Å². The topological polar surface area (TPSA) is 91.8 Å². The molecular formula is C33H36N2O5S2. The molecule has 0 atom stereocenters. The number of fused-ring (bicyclic) bond motifs is 2. The maximum absolute atomic E-state index is 12.7. The molecule has 0 saturated heterocycles. The number of benzene rings is 4. The van der Waals surface area contributed by atoms with Gasteiger partial charge in [-0.3, -0.25) is 13.4 Å². The maximum atomic E-state index is 12.7. The second kappa shape index (κ2) is 12.5. The highest BCUT2D eigenvalue weighted by atomic mass is 32.2. The van der Waals surface area contributed by atoms with Gasteiger partial charge >= 0.3 is 0 Å². The van der Waals surface area contributed by atoms with Crippen LogP contribution < -0.4 is 8.61 Å². The number of nitrogens with zero attached hydrogens (tertiary/aromatic N) is 2. The highest BCUT2D eigenvalue weighted by Crippen LogP contribution is 2.34. The average Bonchev–Trinajstić information content (AvgIpc) is 3.63. The SMILES string of the molecule is C.CC(=O)c1ccc2c(c1)CCN2S(=O)(=O)c1ccccc1.CCc1ccc2c(c1)CCN2S(=O)(=O)c1ccccc1. The van der Waals surface area contributed by atoms with Crippen LogP contribution in [0.15, 0.2) is 107 Å². The molecular weight excluding hydrogens is 569 g/mol. The summed E-state index contributed by atoms with van der Waals surface area (Å²) in [7, 11) is -6.98. The van der Waals surface area contributed by atoms with E-state index >= 15 is 0 Å². The number of rotatable bonds is 6. The van der Waals surface area contributed by atoms with Gasteiger partial charge in [-0.2, -0.15) is 0 Å². The standard InChI is InChI=1S/C16H15NO3S.C16H17NO2S.CH4/c1-12(18)13-7-8-16-14(11-13)9-10-17(16)21(19,20)15-5-3-2-4-6-15;1-2-13-8-9-16-14(12-13)10-11-17(16)20(18,19)15-6-4-3-5-7-15;/h2-8,11H,9-10H2,1H3;3-9,12H,2,10-11H2,1H3;1H4. The molecule has 0 saturated carbocycles. The van der Waals surface area contributed by atoms with E-state index in [9.17, 15) is 21.6 Å². The van der Waals surface area contributed by atoms with Gasteiger partial charge in [0, 0.05) is 18.7 Å². The number of carbonyl (C=O) groups is 1. The van der Waals surface area contributed by atoms with Crippen LogP contribution in [0.25, 0.3) is 0 Å². The van der Waals surface area contributed by atoms with E-state index in [1.807, 2.05) is 18.2 Å². The van der Waals surface area contributed by atoms with E-state index in [2.05, 4.69) is 13.0 Å². The Balaban J connectivity index is 0.000000189. The van der Waals surface area contributed by atoms with Crippen LogP contribution >= 0.6 is 0 Å². The van der Waals surface area contributed by atoms with Gasteiger partial charge in [-0.25, -0.2) is 16.8 Å². The lowest BCUT2D eigenvalue weighted by molar-refractivity contribution is 0.101. The molecule has 2 heterocycles. The van der Waals surface area contributed by atoms with Gasteiger partial charge in [0.05, 0.1) is 21.2 Å². The van der Waals surface area contributed by atoms with Crippen LogP contribution in [0.2, 0.25) is 0 Å². The third kappa shape index (κ3) is 5.98. The molecule has 42 heavy (non-hydrogen) atoms. The highest BCUT2D eigenvalue weighted by Gasteiger charge is 2.32. The second-order valence-corrected chi connectivity index (χ2v) is 13.7. The molecule has 0 fully saturated rings. The molecule has 2 aliphatic heterocycles. The first-order valence-electron chi connectivity index (χ1n) is 13.5. The molecule has 7 nitrogen and oxygen atoms in total. The predicted octanol–water partition coefficient (Wildman–Crippen LogP) is 6.28. The number of carbonyl (C=O) groups excluding carboxylic acids is 1. The van der Waals surface area contributed by atoms with Crippen molar-refractivity contribution < 1.29 is 21.6 Å². The smallest absolute Gasteiger partial charge is 0.264 e. The second-order valence-electron chi connectivity index (χ2n) is 10.00. The first-order chi connectivity index (χ1) is 19.6. The van der Waals surface area contributed by atoms with E-state index in [4.69, 9.17) is 0 Å². The summed E-state index contributed by atoms with van der Waals surface area (Å²) in [6.07, 6.45) is 2.39. The summed E-state index contributed by atoms with van der Waals surface area (Å²) in [5.41, 5.74) is 5.40. The minimum Gasteiger partial charge on any atom is -0.295 e. The summed E-state index contributed by atoms with van der Waals surface area (Å²) in [6, 6.07) is 28.3. The van der Waals surface area contributed by atoms with Crippen LogP contribution in [0.5, 0.6) is 0 Å². The average molecular weight is 605 g/mol. The van der Waals surface area contributed by atoms with Gasteiger partial charge in [0.1, 0.15) is 0 Å². The quantitative estimate of drug-likeness (QED) is 0.242. The Hall–Kier alpha value is -3.95. The lowest BCUT2D eigenvalue weighted by Crippen LogP contribution is -2.29. The summed E-state index contributed by atoms with van der Waals surface area (Å²) in [5, 5.41) is 0. The number of ketones is 1. The molecule has 9 heteroatoms. The maximum Gasteiger partial charge on any atom is 0.264 e. The van der Waals surface area contributed by atoms with E-state index < -0.39 is 20.0 Å². The summed E-state index contributed by atoms with van der Waals surface area (Å²) in [5.74, 6) is -0.0119. The van der Waals surface area contributed by atoms with Crippen LogP contribution in [0.3, 0.4) is 0 Å². The molecule has 4 aromatic carbocycles. The minimum absolute atomic E-state index is 0. The van der Waals surface area contributed by atoms with E-state index in [0.29, 0.717) is 35.7 Å². The molecule has 0 N–H and O–H groups in total. The van der Waals surface area contributed by atoms with Crippen molar-refractivity contribution in [3.63, 3.8) is 0 Å². The fourth-order valence-electron chi connectivity index (χ4n) is 5.17. The molecule has 0 aliphatic carbocycles. The van der Waals surface area contributed by atoms with Crippen molar-refractivity contribution >= 4 is 37.2 Å². The minimum atomic E-state index is -3.54. The molecule has 0 spiro atoms. The summed E-state index contributed by atoms with van der Waals surface area (Å²) in [6.45, 7) is 4.55. The summed E-state index contributed by atoms with van der Waals surface area (Å²) < 4.78 is 53.6. The van der Waals surface area contributed by atoms with Gasteiger partial charge in [0.2, 0.25) is 0 Å². The van der Waals surface area contributed by atoms with E-state index in [1.165, 1.54) is 21.1 Å². The zero-order valence-corrected chi connectivity index (χ0v) is 24.7. The molecule has 0 bridgehead atoms. The van der Waals surface area contributed by atoms with Gasteiger partial charge in [-0.05, 0) is 91.4 Å². The molecule has 0 unspecified atom stereocenters. The number of hydrogen-bond donors (Lipinski definition) is 0. The third-order valence-electron chi connectivity index (χ3n) is 7.41. The number of hydrogen-bond acceptors (Lipinski definition) is 5. The van der Waals surface area contributed by atoms with Crippen molar-refractivity contribution in [1.29, 1.82) is 0 Å². The summed E-state index contributed by atoms with van der Waals surface area (Å²) >= 11 is 0. The van der Waals surface area contributed by atoms with Gasteiger partial charge in [0.15, 0.2) is 5.78 Å². The largest absolute Gasteiger partial charge is 0.295 e. The Morgan fingerprint density at radius 3 is 1.57 bits per heavy atom. The molecule has 4 aromatic rings. The van der Waals surface area contributed by atoms with Crippen molar-refractivity contribution in [3.05, 3.63) is 119 Å². The first-order valence-corrected chi connectivity index (χ1v) is 16.4. The van der Waals surface area contributed by atoms with Crippen molar-refractivity contribution in [1.82, 2.24) is 0 Å². The van der Waals surface area contributed by atoms with Crippen LogP contribution in [-0.4, -0.2) is 35.7 Å². The molecule has 220 valence electrons. The zero-order chi connectivity index (χ0) is 29.2. The number of aryl methyl sites for hydroxylation is 1. The van der Waals surface area contributed by atoms with Crippen molar-refractivity contribution in [2.24, 2.45) is 0 Å². The predicted molar refractivity (Wildman–Crippen MR) is 168 cm³/mol. The van der Waals surface area contributed by atoms with E-state index in [1.54, 1.807) is 72.8 Å². The molecule has 0 aromatic heterocycles. The van der Waals surface area contributed by atoms with Gasteiger partial charge in [-0.15, -0.1) is 0 Å². The fourth-order valence-corrected chi connectivity index (χ4v) is 8.22. The van der Waals surface area contributed by atoms with Crippen molar-refractivity contribution in [2.75, 3.05) is 21.7 Å². The molecule has 0 amide bonds. The van der Waals surface area contributed by atoms with Crippen molar-refractivity contribution in [3.8, 4) is 0 Å². The first kappa shape index (κ1) is 31.0. The molecule has 0 radical (unpaired) electrons. The fraction of sp³-hybridized carbons (Fsp3) is 0.242. The Bertz CT molecular complexity index is 1790. The third-order valence-corrected chi connectivity index (χ3v) is 11.1. The number of Topliss-reactive ketones (excluding diaryl/α,β-unsaturated/α-hetero) is 1. The Morgan fingerprint density at radius 2 is 1.12 bits per heavy atom. The molecule has 2 aliphatic rings. The Morgan fingerprint density at radius 1 is 0.667 bits per heavy atom. The lowest BCUT2D eigenvalue weighted by Gasteiger charge is -2.19. The zero-order valence-electron chi connectivity index (χ0n) is 23.0. The van der Waals surface area contributed by atoms with Gasteiger partial charge in [0.25, 0.3) is 20.0 Å². The van der Waals surface area contributed by atoms with Gasteiger partial charge < -0.3 is 0 Å². The number of anilines is 2. The Kier molecular flexibility index (Phi) is 9.23. The van der Waals surface area contributed by atoms with E-state index in [-0.39, 0.29) is 18.1 Å². The lowest BCUT2D eigenvalue weighted by atomic mass is 10.1. The Labute approximate surface area is 249 Å². The normalized spacial score (nSPS) is 13.9. The van der Waals surface area contributed by atoms with Crippen LogP contribution in [0, 0.1) is 0 Å². The highest BCUT2D eigenvalue weighted by molar-refractivity contribution is 7.93.